The average Bonchev–Trinajstić information content (AvgIpc) is 2.73. The molecule has 0 aliphatic heterocycles. The summed E-state index contributed by atoms with van der Waals surface area (Å²) >= 11 is 0.778. The first-order valence-electron chi connectivity index (χ1n) is 4.71. The van der Waals surface area contributed by atoms with Crippen molar-refractivity contribution in [2.45, 2.75) is 19.1 Å². The highest BCUT2D eigenvalue weighted by Gasteiger charge is 2.22. The summed E-state index contributed by atoms with van der Waals surface area (Å²) in [6.45, 7) is 1.16. The zero-order valence-electron chi connectivity index (χ0n) is 8.95. The molecule has 17 heavy (non-hydrogen) atoms. The van der Waals surface area contributed by atoms with Crippen LogP contribution < -0.4 is 5.32 Å². The number of aromatic carboxylic acids is 1. The Morgan fingerprint density at radius 1 is 1.53 bits per heavy atom. The molecule has 0 aliphatic rings. The third kappa shape index (κ3) is 3.77. The number of carboxylic acid groups (broad SMARTS) is 1. The summed E-state index contributed by atoms with van der Waals surface area (Å²) in [6.07, 6.45) is -1.44. The number of aromatic nitrogens is 1. The van der Waals surface area contributed by atoms with Gasteiger partial charge >= 0.3 is 5.97 Å². The SMILES string of the molecule is CC(=O)NCC(O)C(O)c1ncc(C(=O)O)s1. The molecule has 0 saturated heterocycles. The largest absolute Gasteiger partial charge is 0.477 e. The molecule has 1 amide bonds. The number of thiazole rings is 1. The summed E-state index contributed by atoms with van der Waals surface area (Å²) in [4.78, 5) is 24.9. The minimum atomic E-state index is -1.32. The molecule has 2 unspecified atom stereocenters. The number of carbonyl (C=O) groups is 2. The number of nitrogens with one attached hydrogen (secondary N) is 1. The van der Waals surface area contributed by atoms with Crippen LogP contribution in [0.2, 0.25) is 0 Å². The van der Waals surface area contributed by atoms with E-state index in [0.717, 1.165) is 17.5 Å². The van der Waals surface area contributed by atoms with Crippen LogP contribution in [0.25, 0.3) is 0 Å². The van der Waals surface area contributed by atoms with E-state index in [1.807, 2.05) is 0 Å². The van der Waals surface area contributed by atoms with Gasteiger partial charge in [0.1, 0.15) is 22.1 Å². The van der Waals surface area contributed by atoms with E-state index in [1.165, 1.54) is 6.92 Å². The number of rotatable bonds is 5. The number of hydrogen-bond acceptors (Lipinski definition) is 6. The second-order valence-corrected chi connectivity index (χ2v) is 4.38. The third-order valence-corrected chi connectivity index (χ3v) is 2.97. The number of carboxylic acids is 1. The topological polar surface area (TPSA) is 120 Å². The highest BCUT2D eigenvalue weighted by Crippen LogP contribution is 2.22. The van der Waals surface area contributed by atoms with Crippen molar-refractivity contribution in [3.05, 3.63) is 16.1 Å². The molecular weight excluding hydrogens is 248 g/mol. The first-order chi connectivity index (χ1) is 7.91. The van der Waals surface area contributed by atoms with E-state index in [1.54, 1.807) is 0 Å². The van der Waals surface area contributed by atoms with Gasteiger partial charge in [0.2, 0.25) is 5.91 Å². The molecule has 7 nitrogen and oxygen atoms in total. The van der Waals surface area contributed by atoms with Crippen molar-refractivity contribution < 1.29 is 24.9 Å². The van der Waals surface area contributed by atoms with Crippen molar-refractivity contribution in [3.8, 4) is 0 Å². The van der Waals surface area contributed by atoms with Crippen LogP contribution in [0, 0.1) is 0 Å². The Balaban J connectivity index is 2.64. The smallest absolute Gasteiger partial charge is 0.347 e. The van der Waals surface area contributed by atoms with Crippen molar-refractivity contribution in [1.29, 1.82) is 0 Å². The Morgan fingerprint density at radius 3 is 2.65 bits per heavy atom. The van der Waals surface area contributed by atoms with Crippen LogP contribution in [0.15, 0.2) is 6.20 Å². The molecule has 4 N–H and O–H groups in total. The van der Waals surface area contributed by atoms with Crippen molar-refractivity contribution >= 4 is 23.2 Å². The van der Waals surface area contributed by atoms with Crippen LogP contribution in [0.1, 0.15) is 27.7 Å². The molecule has 2 atom stereocenters. The summed E-state index contributed by atoms with van der Waals surface area (Å²) in [5.74, 6) is -1.47. The summed E-state index contributed by atoms with van der Waals surface area (Å²) in [7, 11) is 0. The maximum absolute atomic E-state index is 10.6. The standard InChI is InChI=1S/C9H12N2O5S/c1-4(12)10-2-5(13)7(14)8-11-3-6(17-8)9(15)16/h3,5,7,13-14H,2H2,1H3,(H,10,12)(H,15,16). The van der Waals surface area contributed by atoms with Gasteiger partial charge in [-0.25, -0.2) is 9.78 Å². The van der Waals surface area contributed by atoms with E-state index in [4.69, 9.17) is 5.11 Å². The van der Waals surface area contributed by atoms with Gasteiger partial charge in [-0.05, 0) is 0 Å². The van der Waals surface area contributed by atoms with Crippen LogP contribution in [0.5, 0.6) is 0 Å². The molecule has 0 saturated carbocycles. The van der Waals surface area contributed by atoms with E-state index in [2.05, 4.69) is 10.3 Å². The Kier molecular flexibility index (Phi) is 4.55. The quantitative estimate of drug-likeness (QED) is 0.559. The van der Waals surface area contributed by atoms with Gasteiger partial charge in [0.25, 0.3) is 0 Å². The lowest BCUT2D eigenvalue weighted by Crippen LogP contribution is -2.34. The molecule has 0 bridgehead atoms. The lowest BCUT2D eigenvalue weighted by Gasteiger charge is -2.15. The van der Waals surface area contributed by atoms with E-state index >= 15 is 0 Å². The molecule has 1 heterocycles. The zero-order chi connectivity index (χ0) is 13.0. The molecule has 1 aromatic rings. The first kappa shape index (κ1) is 13.6. The average molecular weight is 260 g/mol. The Morgan fingerprint density at radius 2 is 2.18 bits per heavy atom. The normalized spacial score (nSPS) is 14.1. The maximum Gasteiger partial charge on any atom is 0.347 e. The number of aliphatic hydroxyl groups excluding tert-OH is 2. The molecule has 8 heteroatoms. The second-order valence-electron chi connectivity index (χ2n) is 3.32. The van der Waals surface area contributed by atoms with Gasteiger partial charge in [0.15, 0.2) is 0 Å². The van der Waals surface area contributed by atoms with Crippen molar-refractivity contribution in [2.75, 3.05) is 6.54 Å². The van der Waals surface area contributed by atoms with Crippen molar-refractivity contribution in [2.24, 2.45) is 0 Å². The van der Waals surface area contributed by atoms with Crippen LogP contribution in [-0.4, -0.2) is 44.8 Å². The molecule has 0 spiro atoms. The maximum atomic E-state index is 10.6. The summed E-state index contributed by atoms with van der Waals surface area (Å²) in [6, 6.07) is 0. The summed E-state index contributed by atoms with van der Waals surface area (Å²) in [5.41, 5.74) is 0. The van der Waals surface area contributed by atoms with Crippen LogP contribution in [0.3, 0.4) is 0 Å². The van der Waals surface area contributed by atoms with Gasteiger partial charge in [-0.3, -0.25) is 4.79 Å². The second kappa shape index (κ2) is 5.71. The summed E-state index contributed by atoms with van der Waals surface area (Å²) < 4.78 is 0. The molecule has 94 valence electrons. The number of nitrogens with zero attached hydrogens (tertiary/aromatic N) is 1. The Hall–Kier alpha value is -1.51. The van der Waals surface area contributed by atoms with Crippen LogP contribution >= 0.6 is 11.3 Å². The highest BCUT2D eigenvalue weighted by atomic mass is 32.1. The fourth-order valence-electron chi connectivity index (χ4n) is 1.05. The van der Waals surface area contributed by atoms with E-state index in [9.17, 15) is 19.8 Å². The van der Waals surface area contributed by atoms with E-state index in [0.29, 0.717) is 0 Å². The minimum Gasteiger partial charge on any atom is -0.477 e. The predicted molar refractivity (Wildman–Crippen MR) is 58.7 cm³/mol. The Labute approximate surface area is 101 Å². The predicted octanol–water partition coefficient (Wildman–Crippen LogP) is -0.628. The highest BCUT2D eigenvalue weighted by molar-refractivity contribution is 7.13. The van der Waals surface area contributed by atoms with E-state index in [-0.39, 0.29) is 22.3 Å². The molecule has 0 fully saturated rings. The van der Waals surface area contributed by atoms with Crippen molar-refractivity contribution in [1.82, 2.24) is 10.3 Å². The lowest BCUT2D eigenvalue weighted by molar-refractivity contribution is -0.119. The van der Waals surface area contributed by atoms with Crippen molar-refractivity contribution in [3.63, 3.8) is 0 Å². The Bertz CT molecular complexity index is 419. The monoisotopic (exact) mass is 260 g/mol. The first-order valence-corrected chi connectivity index (χ1v) is 5.53. The van der Waals surface area contributed by atoms with Gasteiger partial charge in [0, 0.05) is 13.5 Å². The zero-order valence-corrected chi connectivity index (χ0v) is 9.77. The molecule has 0 aliphatic carbocycles. The van der Waals surface area contributed by atoms with E-state index < -0.39 is 18.2 Å². The fourth-order valence-corrected chi connectivity index (χ4v) is 1.85. The van der Waals surface area contributed by atoms with Gasteiger partial charge in [-0.1, -0.05) is 0 Å². The van der Waals surface area contributed by atoms with Gasteiger partial charge in [-0.15, -0.1) is 11.3 Å². The minimum absolute atomic E-state index is 0.0224. The number of hydrogen-bond donors (Lipinski definition) is 4. The molecule has 0 radical (unpaired) electrons. The van der Waals surface area contributed by atoms with Gasteiger partial charge in [0.05, 0.1) is 6.20 Å². The van der Waals surface area contributed by atoms with Gasteiger partial charge < -0.3 is 20.6 Å². The molecular formula is C9H12N2O5S. The van der Waals surface area contributed by atoms with Crippen LogP contribution in [-0.2, 0) is 4.79 Å². The molecule has 1 aromatic heterocycles. The van der Waals surface area contributed by atoms with Crippen LogP contribution in [0.4, 0.5) is 0 Å². The fraction of sp³-hybridized carbons (Fsp3) is 0.444. The summed E-state index contributed by atoms with van der Waals surface area (Å²) in [5, 5.41) is 30.3. The number of carbonyl (C=O) groups excluding carboxylic acids is 1. The van der Waals surface area contributed by atoms with Gasteiger partial charge in [-0.2, -0.15) is 0 Å². The lowest BCUT2D eigenvalue weighted by atomic mass is 10.2. The number of amides is 1. The molecule has 1 rings (SSSR count). The molecule has 0 aromatic carbocycles. The number of aliphatic hydroxyl groups is 2. The third-order valence-electron chi connectivity index (χ3n) is 1.91.